The Hall–Kier alpha value is -0.220. The lowest BCUT2D eigenvalue weighted by molar-refractivity contribution is -0.127. The van der Waals surface area contributed by atoms with E-state index < -0.39 is 0 Å². The second-order valence-electron chi connectivity index (χ2n) is 4.91. The summed E-state index contributed by atoms with van der Waals surface area (Å²) in [6.07, 6.45) is 4.28. The van der Waals surface area contributed by atoms with Crippen molar-refractivity contribution in [2.45, 2.75) is 38.1 Å². The fourth-order valence-corrected chi connectivity index (χ4v) is 3.90. The molecule has 0 aliphatic carbocycles. The van der Waals surface area contributed by atoms with E-state index in [0.29, 0.717) is 5.92 Å². The predicted octanol–water partition coefficient (Wildman–Crippen LogP) is 1.39. The number of hydrogen-bond donors (Lipinski definition) is 2. The van der Waals surface area contributed by atoms with Crippen molar-refractivity contribution >= 4 is 17.7 Å². The average Bonchev–Trinajstić information content (AvgIpc) is 2.97. The van der Waals surface area contributed by atoms with Gasteiger partial charge in [0.1, 0.15) is 0 Å². The third kappa shape index (κ3) is 2.54. The van der Waals surface area contributed by atoms with Crippen LogP contribution < -0.4 is 10.6 Å². The molecule has 2 aliphatic rings. The van der Waals surface area contributed by atoms with Crippen LogP contribution in [0.2, 0.25) is 0 Å². The van der Waals surface area contributed by atoms with E-state index in [1.165, 1.54) is 17.9 Å². The summed E-state index contributed by atoms with van der Waals surface area (Å²) < 4.78 is 0. The maximum absolute atomic E-state index is 12.2. The summed E-state index contributed by atoms with van der Waals surface area (Å²) in [5.74, 6) is 3.40. The molecule has 0 saturated carbocycles. The number of amides is 1. The van der Waals surface area contributed by atoms with Gasteiger partial charge in [-0.15, -0.1) is 0 Å². The van der Waals surface area contributed by atoms with Crippen LogP contribution >= 0.6 is 11.8 Å². The van der Waals surface area contributed by atoms with Crippen LogP contribution in [0.1, 0.15) is 32.6 Å². The summed E-state index contributed by atoms with van der Waals surface area (Å²) in [7, 11) is 0. The molecule has 2 unspecified atom stereocenters. The molecule has 2 aliphatic heterocycles. The van der Waals surface area contributed by atoms with E-state index in [9.17, 15) is 4.79 Å². The number of nitrogens with one attached hydrogen (secondary N) is 2. The van der Waals surface area contributed by atoms with Gasteiger partial charge in [0.2, 0.25) is 5.91 Å². The zero-order valence-electron chi connectivity index (χ0n) is 10.1. The van der Waals surface area contributed by atoms with Crippen molar-refractivity contribution in [1.82, 2.24) is 10.6 Å². The minimum atomic E-state index is -0.258. The fourth-order valence-electron chi connectivity index (χ4n) is 2.61. The van der Waals surface area contributed by atoms with E-state index in [1.54, 1.807) is 0 Å². The van der Waals surface area contributed by atoms with Gasteiger partial charge < -0.3 is 10.6 Å². The van der Waals surface area contributed by atoms with Gasteiger partial charge in [-0.3, -0.25) is 4.79 Å². The molecule has 16 heavy (non-hydrogen) atoms. The lowest BCUT2D eigenvalue weighted by Gasteiger charge is -2.27. The zero-order chi connectivity index (χ0) is 11.4. The monoisotopic (exact) mass is 242 g/mol. The highest BCUT2D eigenvalue weighted by Crippen LogP contribution is 2.25. The molecule has 2 atom stereocenters. The molecule has 2 fully saturated rings. The summed E-state index contributed by atoms with van der Waals surface area (Å²) in [6.45, 7) is 3.96. The van der Waals surface area contributed by atoms with Crippen LogP contribution in [0.25, 0.3) is 0 Å². The molecular formula is C12H22N2OS. The highest BCUT2D eigenvalue weighted by atomic mass is 32.2. The molecule has 0 spiro atoms. The van der Waals surface area contributed by atoms with Crippen molar-refractivity contribution < 1.29 is 4.79 Å². The second-order valence-corrected chi connectivity index (χ2v) is 6.06. The van der Waals surface area contributed by atoms with Crippen molar-refractivity contribution in [3.8, 4) is 0 Å². The molecule has 0 aromatic carbocycles. The van der Waals surface area contributed by atoms with Crippen molar-refractivity contribution in [2.24, 2.45) is 5.92 Å². The number of thioether (sulfide) groups is 1. The summed E-state index contributed by atoms with van der Waals surface area (Å²) in [5.41, 5.74) is -0.258. The van der Waals surface area contributed by atoms with E-state index in [1.807, 2.05) is 11.8 Å². The van der Waals surface area contributed by atoms with Gasteiger partial charge in [0.25, 0.3) is 0 Å². The van der Waals surface area contributed by atoms with Crippen LogP contribution in [0.5, 0.6) is 0 Å². The SMILES string of the molecule is CCC1(C(=O)NCC2CCSC2)CCCN1. The van der Waals surface area contributed by atoms with Gasteiger partial charge in [-0.2, -0.15) is 11.8 Å². The van der Waals surface area contributed by atoms with Crippen LogP contribution in [-0.2, 0) is 4.79 Å². The third-order valence-corrected chi connectivity index (χ3v) is 5.09. The molecule has 0 aromatic heterocycles. The van der Waals surface area contributed by atoms with Gasteiger partial charge in [-0.05, 0) is 49.7 Å². The first kappa shape index (κ1) is 12.2. The van der Waals surface area contributed by atoms with Crippen LogP contribution in [0, 0.1) is 5.92 Å². The highest BCUT2D eigenvalue weighted by molar-refractivity contribution is 7.99. The maximum atomic E-state index is 12.2. The first-order chi connectivity index (χ1) is 7.77. The van der Waals surface area contributed by atoms with E-state index >= 15 is 0 Å². The minimum Gasteiger partial charge on any atom is -0.354 e. The largest absolute Gasteiger partial charge is 0.354 e. The molecule has 1 amide bonds. The van der Waals surface area contributed by atoms with Gasteiger partial charge in [-0.1, -0.05) is 6.92 Å². The Labute approximate surface area is 102 Å². The second kappa shape index (κ2) is 5.41. The highest BCUT2D eigenvalue weighted by Gasteiger charge is 2.39. The Balaban J connectivity index is 1.81. The Bertz CT molecular complexity index is 245. The molecule has 3 nitrogen and oxygen atoms in total. The molecule has 2 N–H and O–H groups in total. The molecular weight excluding hydrogens is 220 g/mol. The first-order valence-electron chi connectivity index (χ1n) is 6.38. The van der Waals surface area contributed by atoms with Crippen LogP contribution in [0.3, 0.4) is 0 Å². The maximum Gasteiger partial charge on any atom is 0.240 e. The third-order valence-electron chi connectivity index (χ3n) is 3.86. The first-order valence-corrected chi connectivity index (χ1v) is 7.53. The Kier molecular flexibility index (Phi) is 4.14. The molecule has 2 rings (SSSR count). The zero-order valence-corrected chi connectivity index (χ0v) is 10.9. The summed E-state index contributed by atoms with van der Waals surface area (Å²) in [4.78, 5) is 12.2. The lowest BCUT2D eigenvalue weighted by Crippen LogP contribution is -2.53. The van der Waals surface area contributed by atoms with E-state index in [4.69, 9.17) is 0 Å². The van der Waals surface area contributed by atoms with Gasteiger partial charge in [-0.25, -0.2) is 0 Å². The van der Waals surface area contributed by atoms with E-state index in [-0.39, 0.29) is 11.4 Å². The average molecular weight is 242 g/mol. The van der Waals surface area contributed by atoms with Crippen molar-refractivity contribution in [3.05, 3.63) is 0 Å². The van der Waals surface area contributed by atoms with Gasteiger partial charge in [0.05, 0.1) is 5.54 Å². The van der Waals surface area contributed by atoms with Gasteiger partial charge in [0.15, 0.2) is 0 Å². The van der Waals surface area contributed by atoms with Crippen LogP contribution in [-0.4, -0.2) is 36.0 Å². The predicted molar refractivity (Wildman–Crippen MR) is 68.7 cm³/mol. The molecule has 2 heterocycles. The van der Waals surface area contributed by atoms with Gasteiger partial charge >= 0.3 is 0 Å². The molecule has 4 heteroatoms. The smallest absolute Gasteiger partial charge is 0.240 e. The fraction of sp³-hybridized carbons (Fsp3) is 0.917. The number of carbonyl (C=O) groups excluding carboxylic acids is 1. The van der Waals surface area contributed by atoms with Crippen LogP contribution in [0.4, 0.5) is 0 Å². The summed E-state index contributed by atoms with van der Waals surface area (Å²) in [5, 5.41) is 6.52. The molecule has 92 valence electrons. The topological polar surface area (TPSA) is 41.1 Å². The summed E-state index contributed by atoms with van der Waals surface area (Å²) >= 11 is 2.00. The quantitative estimate of drug-likeness (QED) is 0.783. The van der Waals surface area contributed by atoms with Crippen LogP contribution in [0.15, 0.2) is 0 Å². The molecule has 0 radical (unpaired) electrons. The molecule has 0 aromatic rings. The van der Waals surface area contributed by atoms with Gasteiger partial charge in [0, 0.05) is 6.54 Å². The lowest BCUT2D eigenvalue weighted by atomic mass is 9.93. The number of rotatable bonds is 4. The van der Waals surface area contributed by atoms with E-state index in [0.717, 1.165) is 32.4 Å². The Morgan fingerprint density at radius 3 is 3.06 bits per heavy atom. The summed E-state index contributed by atoms with van der Waals surface area (Å²) in [6, 6.07) is 0. The van der Waals surface area contributed by atoms with Crippen molar-refractivity contribution in [1.29, 1.82) is 0 Å². The van der Waals surface area contributed by atoms with Crippen molar-refractivity contribution in [2.75, 3.05) is 24.6 Å². The number of carbonyl (C=O) groups is 1. The number of hydrogen-bond acceptors (Lipinski definition) is 3. The molecule has 2 saturated heterocycles. The Morgan fingerprint density at radius 1 is 1.62 bits per heavy atom. The van der Waals surface area contributed by atoms with Crippen molar-refractivity contribution in [3.63, 3.8) is 0 Å². The minimum absolute atomic E-state index is 0.226. The normalized spacial score (nSPS) is 34.2. The Morgan fingerprint density at radius 2 is 2.50 bits per heavy atom. The standard InChI is InChI=1S/C12H22N2OS/c1-2-12(5-3-6-14-12)11(15)13-8-10-4-7-16-9-10/h10,14H,2-9H2,1H3,(H,13,15). The molecule has 0 bridgehead atoms. The van der Waals surface area contributed by atoms with E-state index in [2.05, 4.69) is 17.6 Å².